The van der Waals surface area contributed by atoms with Crippen molar-refractivity contribution in [1.29, 1.82) is 5.26 Å². The summed E-state index contributed by atoms with van der Waals surface area (Å²) >= 11 is 0. The number of likely N-dealkylation sites (tertiary alicyclic amines) is 1. The van der Waals surface area contributed by atoms with E-state index in [2.05, 4.69) is 24.9 Å². The Morgan fingerprint density at radius 2 is 2.07 bits per heavy atom. The molecule has 3 nitrogen and oxygen atoms in total. The molecule has 0 radical (unpaired) electrons. The van der Waals surface area contributed by atoms with Crippen LogP contribution >= 0.6 is 0 Å². The van der Waals surface area contributed by atoms with Gasteiger partial charge in [-0.15, -0.1) is 0 Å². The molecule has 0 spiro atoms. The standard InChI is InChI=1S/C11H18N2O/c1-9-7-13(2)6-5-11(9,14)10(8-12)3-4-10/h9,14H,3-7H2,1-2H3. The van der Waals surface area contributed by atoms with Crippen molar-refractivity contribution in [2.45, 2.75) is 31.8 Å². The van der Waals surface area contributed by atoms with Gasteiger partial charge in [0.25, 0.3) is 0 Å². The van der Waals surface area contributed by atoms with E-state index in [0.29, 0.717) is 0 Å². The van der Waals surface area contributed by atoms with Crippen molar-refractivity contribution in [3.8, 4) is 6.07 Å². The zero-order valence-corrected chi connectivity index (χ0v) is 8.95. The Balaban J connectivity index is 2.20. The van der Waals surface area contributed by atoms with E-state index in [4.69, 9.17) is 5.26 Å². The Bertz CT molecular complexity index is 280. The maximum absolute atomic E-state index is 10.6. The number of rotatable bonds is 1. The van der Waals surface area contributed by atoms with Crippen LogP contribution in [-0.4, -0.2) is 35.7 Å². The maximum atomic E-state index is 10.6. The Kier molecular flexibility index (Phi) is 2.09. The van der Waals surface area contributed by atoms with Gasteiger partial charge in [-0.3, -0.25) is 0 Å². The summed E-state index contributed by atoms with van der Waals surface area (Å²) in [5.41, 5.74) is -1.14. The lowest BCUT2D eigenvalue weighted by Crippen LogP contribution is -2.54. The van der Waals surface area contributed by atoms with Crippen molar-refractivity contribution >= 4 is 0 Å². The van der Waals surface area contributed by atoms with Gasteiger partial charge < -0.3 is 10.0 Å². The Hall–Kier alpha value is -0.590. The minimum absolute atomic E-state index is 0.211. The van der Waals surface area contributed by atoms with Gasteiger partial charge in [0.05, 0.1) is 17.1 Å². The molecule has 0 aromatic rings. The molecule has 1 aliphatic heterocycles. The van der Waals surface area contributed by atoms with E-state index in [1.165, 1.54) is 0 Å². The predicted octanol–water partition coefficient (Wildman–Crippen LogP) is 0.993. The summed E-state index contributed by atoms with van der Waals surface area (Å²) in [7, 11) is 2.07. The fourth-order valence-electron chi connectivity index (χ4n) is 2.79. The second-order valence-corrected chi connectivity index (χ2v) is 5.03. The summed E-state index contributed by atoms with van der Waals surface area (Å²) in [6.45, 7) is 3.87. The monoisotopic (exact) mass is 194 g/mol. The lowest BCUT2D eigenvalue weighted by Gasteiger charge is -2.45. The number of hydrogen-bond acceptors (Lipinski definition) is 3. The summed E-state index contributed by atoms with van der Waals surface area (Å²) in [6, 6.07) is 2.34. The van der Waals surface area contributed by atoms with Crippen LogP contribution in [0.2, 0.25) is 0 Å². The molecule has 1 saturated heterocycles. The van der Waals surface area contributed by atoms with E-state index < -0.39 is 11.0 Å². The van der Waals surface area contributed by atoms with Crippen LogP contribution in [-0.2, 0) is 0 Å². The van der Waals surface area contributed by atoms with Crippen molar-refractivity contribution in [3.63, 3.8) is 0 Å². The second-order valence-electron chi connectivity index (χ2n) is 5.03. The summed E-state index contributed by atoms with van der Waals surface area (Å²) in [5.74, 6) is 0.211. The number of nitriles is 1. The summed E-state index contributed by atoms with van der Waals surface area (Å²) < 4.78 is 0. The molecule has 14 heavy (non-hydrogen) atoms. The minimum Gasteiger partial charge on any atom is -0.388 e. The molecular formula is C11H18N2O. The third-order valence-corrected chi connectivity index (χ3v) is 4.07. The van der Waals surface area contributed by atoms with Gasteiger partial charge in [0.15, 0.2) is 0 Å². The first-order chi connectivity index (χ1) is 6.54. The van der Waals surface area contributed by atoms with Gasteiger partial charge in [0.2, 0.25) is 0 Å². The molecular weight excluding hydrogens is 176 g/mol. The number of aliphatic hydroxyl groups is 1. The maximum Gasteiger partial charge on any atom is 0.0882 e. The highest BCUT2D eigenvalue weighted by atomic mass is 16.3. The van der Waals surface area contributed by atoms with Crippen LogP contribution in [0.4, 0.5) is 0 Å². The smallest absolute Gasteiger partial charge is 0.0882 e. The average Bonchev–Trinajstić information content (AvgIpc) is 2.93. The molecule has 0 amide bonds. The second kappa shape index (κ2) is 2.95. The molecule has 0 bridgehead atoms. The van der Waals surface area contributed by atoms with Crippen LogP contribution in [0, 0.1) is 22.7 Å². The molecule has 0 aromatic carbocycles. The van der Waals surface area contributed by atoms with Gasteiger partial charge in [0, 0.05) is 13.1 Å². The average molecular weight is 194 g/mol. The summed E-state index contributed by atoms with van der Waals surface area (Å²) in [4.78, 5) is 2.23. The zero-order chi connectivity index (χ0) is 10.4. The largest absolute Gasteiger partial charge is 0.388 e. The van der Waals surface area contributed by atoms with Gasteiger partial charge in [-0.1, -0.05) is 6.92 Å². The van der Waals surface area contributed by atoms with E-state index in [-0.39, 0.29) is 5.92 Å². The first-order valence-electron chi connectivity index (χ1n) is 5.36. The summed E-state index contributed by atoms with van der Waals surface area (Å²) in [6.07, 6.45) is 2.51. The minimum atomic E-state index is -0.728. The highest BCUT2D eigenvalue weighted by molar-refractivity contribution is 5.22. The predicted molar refractivity (Wildman–Crippen MR) is 53.5 cm³/mol. The van der Waals surface area contributed by atoms with Crippen molar-refractivity contribution in [1.82, 2.24) is 4.90 Å². The Morgan fingerprint density at radius 3 is 2.50 bits per heavy atom. The van der Waals surface area contributed by atoms with Gasteiger partial charge in [-0.2, -0.15) is 5.26 Å². The van der Waals surface area contributed by atoms with Crippen LogP contribution in [0.5, 0.6) is 0 Å². The highest BCUT2D eigenvalue weighted by Gasteiger charge is 2.62. The SMILES string of the molecule is CC1CN(C)CCC1(O)C1(C#N)CC1. The van der Waals surface area contributed by atoms with Crippen LogP contribution in [0.15, 0.2) is 0 Å². The normalized spacial score (nSPS) is 41.7. The van der Waals surface area contributed by atoms with Crippen molar-refractivity contribution < 1.29 is 5.11 Å². The Morgan fingerprint density at radius 1 is 1.43 bits per heavy atom. The first kappa shape index (κ1) is 9.95. The van der Waals surface area contributed by atoms with Gasteiger partial charge >= 0.3 is 0 Å². The van der Waals surface area contributed by atoms with E-state index in [0.717, 1.165) is 32.4 Å². The molecule has 1 N–H and O–H groups in total. The van der Waals surface area contributed by atoms with Crippen molar-refractivity contribution in [2.75, 3.05) is 20.1 Å². The molecule has 3 heteroatoms. The summed E-state index contributed by atoms with van der Waals surface area (Å²) in [5, 5.41) is 19.7. The molecule has 2 unspecified atom stereocenters. The highest BCUT2D eigenvalue weighted by Crippen LogP contribution is 2.58. The van der Waals surface area contributed by atoms with Crippen LogP contribution in [0.1, 0.15) is 26.2 Å². The molecule has 2 fully saturated rings. The van der Waals surface area contributed by atoms with Gasteiger partial charge in [-0.25, -0.2) is 0 Å². The quantitative estimate of drug-likeness (QED) is 0.677. The molecule has 2 rings (SSSR count). The van der Waals surface area contributed by atoms with E-state index in [1.54, 1.807) is 0 Å². The van der Waals surface area contributed by atoms with E-state index in [1.807, 2.05) is 0 Å². The topological polar surface area (TPSA) is 47.3 Å². The van der Waals surface area contributed by atoms with Gasteiger partial charge in [0.1, 0.15) is 0 Å². The number of hydrogen-bond donors (Lipinski definition) is 1. The molecule has 0 aromatic heterocycles. The third-order valence-electron chi connectivity index (χ3n) is 4.07. The lowest BCUT2D eigenvalue weighted by atomic mass is 9.71. The third kappa shape index (κ3) is 1.18. The van der Waals surface area contributed by atoms with Crippen LogP contribution < -0.4 is 0 Å². The van der Waals surface area contributed by atoms with E-state index >= 15 is 0 Å². The van der Waals surface area contributed by atoms with Crippen molar-refractivity contribution in [2.24, 2.45) is 11.3 Å². The number of nitrogens with zero attached hydrogens (tertiary/aromatic N) is 2. The molecule has 1 saturated carbocycles. The van der Waals surface area contributed by atoms with Crippen molar-refractivity contribution in [3.05, 3.63) is 0 Å². The Labute approximate surface area is 85.3 Å². The van der Waals surface area contributed by atoms with Crippen LogP contribution in [0.3, 0.4) is 0 Å². The molecule has 78 valence electrons. The lowest BCUT2D eigenvalue weighted by molar-refractivity contribution is -0.0975. The first-order valence-corrected chi connectivity index (χ1v) is 5.36. The van der Waals surface area contributed by atoms with Gasteiger partial charge in [-0.05, 0) is 32.2 Å². The van der Waals surface area contributed by atoms with E-state index in [9.17, 15) is 5.11 Å². The molecule has 2 atom stereocenters. The van der Waals surface area contributed by atoms with Crippen LogP contribution in [0.25, 0.3) is 0 Å². The fraction of sp³-hybridized carbons (Fsp3) is 0.909. The molecule has 1 heterocycles. The molecule has 1 aliphatic carbocycles. The number of piperidine rings is 1. The molecule has 2 aliphatic rings. The zero-order valence-electron chi connectivity index (χ0n) is 8.95. The fourth-order valence-corrected chi connectivity index (χ4v) is 2.79.